The van der Waals surface area contributed by atoms with Crippen molar-refractivity contribution in [3.05, 3.63) is 6.42 Å². The largest absolute Gasteiger partial charge is 0.395 e. The number of β-amino-alcohol motifs (C(OH)–C–C–N with tert-alkyl or cyclic N) is 1. The van der Waals surface area contributed by atoms with Gasteiger partial charge in [0.05, 0.1) is 12.6 Å². The van der Waals surface area contributed by atoms with E-state index in [2.05, 4.69) is 0 Å². The van der Waals surface area contributed by atoms with Crippen LogP contribution in [0.4, 0.5) is 0 Å². The Bertz CT molecular complexity index is 149. The van der Waals surface area contributed by atoms with Crippen molar-refractivity contribution in [2.24, 2.45) is 5.73 Å². The van der Waals surface area contributed by atoms with E-state index in [9.17, 15) is 4.79 Å². The number of aliphatic hydroxyl groups is 1. The van der Waals surface area contributed by atoms with Gasteiger partial charge in [0, 0.05) is 13.1 Å². The molecule has 0 spiro atoms. The molecule has 4 nitrogen and oxygen atoms in total. The van der Waals surface area contributed by atoms with Crippen molar-refractivity contribution in [2.75, 3.05) is 19.7 Å². The molecule has 4 heteroatoms. The summed E-state index contributed by atoms with van der Waals surface area (Å²) in [5, 5.41) is 8.62. The van der Waals surface area contributed by atoms with Gasteiger partial charge < -0.3 is 10.8 Å². The summed E-state index contributed by atoms with van der Waals surface area (Å²) in [6.07, 6.45) is 2.72. The highest BCUT2D eigenvalue weighted by molar-refractivity contribution is 5.80. The maximum atomic E-state index is 10.8. The molecule has 0 bridgehead atoms. The molecule has 0 saturated carbocycles. The summed E-state index contributed by atoms with van der Waals surface area (Å²) < 4.78 is 0. The number of amides is 1. The van der Waals surface area contributed by atoms with Crippen molar-refractivity contribution in [1.29, 1.82) is 0 Å². The minimum absolute atomic E-state index is 0.0810. The van der Waals surface area contributed by atoms with Crippen molar-refractivity contribution < 1.29 is 9.90 Å². The van der Waals surface area contributed by atoms with Crippen LogP contribution in [0.15, 0.2) is 0 Å². The van der Waals surface area contributed by atoms with Crippen LogP contribution in [-0.4, -0.2) is 41.7 Å². The highest BCUT2D eigenvalue weighted by atomic mass is 16.3. The molecular formula is C7H13N2O2. The number of likely N-dealkylation sites (tertiary alicyclic amines) is 1. The molecule has 1 rings (SSSR count). The predicted octanol–water partition coefficient (Wildman–Crippen LogP) is -1.26. The van der Waals surface area contributed by atoms with E-state index in [4.69, 9.17) is 10.8 Å². The molecule has 1 amide bonds. The van der Waals surface area contributed by atoms with Gasteiger partial charge in [0.1, 0.15) is 0 Å². The zero-order valence-corrected chi connectivity index (χ0v) is 6.36. The van der Waals surface area contributed by atoms with Crippen LogP contribution in [-0.2, 0) is 4.79 Å². The summed E-state index contributed by atoms with van der Waals surface area (Å²) in [6.45, 7) is 1.37. The first-order chi connectivity index (χ1) is 5.25. The van der Waals surface area contributed by atoms with Crippen LogP contribution in [0.5, 0.6) is 0 Å². The summed E-state index contributed by atoms with van der Waals surface area (Å²) in [4.78, 5) is 12.6. The lowest BCUT2D eigenvalue weighted by molar-refractivity contribution is -0.122. The number of primary amides is 1. The van der Waals surface area contributed by atoms with E-state index in [-0.39, 0.29) is 18.6 Å². The monoisotopic (exact) mass is 157 g/mol. The summed E-state index contributed by atoms with van der Waals surface area (Å²) in [5.41, 5.74) is 5.14. The van der Waals surface area contributed by atoms with Crippen LogP contribution >= 0.6 is 0 Å². The fraction of sp³-hybridized carbons (Fsp3) is 0.714. The second kappa shape index (κ2) is 3.69. The molecule has 63 valence electrons. The number of hydrogen-bond acceptors (Lipinski definition) is 3. The number of aliphatic hydroxyl groups excluding tert-OH is 1. The van der Waals surface area contributed by atoms with Gasteiger partial charge in [-0.1, -0.05) is 0 Å². The fourth-order valence-electron chi connectivity index (χ4n) is 1.35. The van der Waals surface area contributed by atoms with Crippen molar-refractivity contribution in [3.63, 3.8) is 0 Å². The van der Waals surface area contributed by atoms with Crippen molar-refractivity contribution in [2.45, 2.75) is 12.5 Å². The maximum absolute atomic E-state index is 10.8. The molecule has 1 fully saturated rings. The fourth-order valence-corrected chi connectivity index (χ4v) is 1.35. The molecule has 0 aliphatic carbocycles. The third-order valence-electron chi connectivity index (χ3n) is 1.91. The van der Waals surface area contributed by atoms with Crippen molar-refractivity contribution in [3.8, 4) is 0 Å². The average molecular weight is 157 g/mol. The Kier molecular flexibility index (Phi) is 2.84. The van der Waals surface area contributed by atoms with Crippen LogP contribution < -0.4 is 5.73 Å². The average Bonchev–Trinajstić information content (AvgIpc) is 2.36. The molecule has 1 unspecified atom stereocenters. The number of carbonyl (C=O) groups is 1. The summed E-state index contributed by atoms with van der Waals surface area (Å²) in [7, 11) is 0. The minimum Gasteiger partial charge on any atom is -0.395 e. The van der Waals surface area contributed by atoms with Gasteiger partial charge in [0.25, 0.3) is 0 Å². The van der Waals surface area contributed by atoms with Crippen molar-refractivity contribution in [1.82, 2.24) is 4.90 Å². The highest BCUT2D eigenvalue weighted by Gasteiger charge is 2.28. The molecule has 1 aliphatic rings. The quantitative estimate of drug-likeness (QED) is 0.537. The smallest absolute Gasteiger partial charge is 0.234 e. The Hall–Kier alpha value is -0.610. The molecular weight excluding hydrogens is 144 g/mol. The highest BCUT2D eigenvalue weighted by Crippen LogP contribution is 2.14. The first kappa shape index (κ1) is 8.49. The van der Waals surface area contributed by atoms with E-state index in [1.54, 1.807) is 0 Å². The first-order valence-electron chi connectivity index (χ1n) is 3.71. The van der Waals surface area contributed by atoms with Crippen LogP contribution in [0.3, 0.4) is 0 Å². The molecule has 3 N–H and O–H groups in total. The standard InChI is InChI=1S/C7H13N2O2/c8-7(11)6-2-1-3-9(6)4-5-10/h1,6,10H,2-5H2,(H2,8,11). The number of rotatable bonds is 3. The van der Waals surface area contributed by atoms with Gasteiger partial charge in [-0.2, -0.15) is 0 Å². The molecule has 1 atom stereocenters. The van der Waals surface area contributed by atoms with E-state index in [1.807, 2.05) is 11.3 Å². The van der Waals surface area contributed by atoms with Gasteiger partial charge in [-0.25, -0.2) is 0 Å². The zero-order chi connectivity index (χ0) is 8.27. The third kappa shape index (κ3) is 1.91. The SMILES string of the molecule is NC(=O)C1C[CH]CN1CCO. The van der Waals surface area contributed by atoms with E-state index in [1.165, 1.54) is 0 Å². The van der Waals surface area contributed by atoms with E-state index < -0.39 is 0 Å². The Morgan fingerprint density at radius 1 is 1.82 bits per heavy atom. The van der Waals surface area contributed by atoms with Gasteiger partial charge in [-0.3, -0.25) is 9.69 Å². The van der Waals surface area contributed by atoms with Gasteiger partial charge in [0.2, 0.25) is 5.91 Å². The number of hydrogen-bond donors (Lipinski definition) is 2. The second-order valence-corrected chi connectivity index (χ2v) is 2.66. The van der Waals surface area contributed by atoms with Gasteiger partial charge in [-0.05, 0) is 12.8 Å². The zero-order valence-electron chi connectivity index (χ0n) is 6.36. The Balaban J connectivity index is 2.44. The van der Waals surface area contributed by atoms with E-state index in [0.29, 0.717) is 6.54 Å². The maximum Gasteiger partial charge on any atom is 0.234 e. The molecule has 1 saturated heterocycles. The lowest BCUT2D eigenvalue weighted by Gasteiger charge is -2.19. The van der Waals surface area contributed by atoms with Gasteiger partial charge in [0.15, 0.2) is 0 Å². The molecule has 0 aromatic rings. The molecule has 11 heavy (non-hydrogen) atoms. The van der Waals surface area contributed by atoms with E-state index >= 15 is 0 Å². The topological polar surface area (TPSA) is 66.6 Å². The number of nitrogens with zero attached hydrogens (tertiary/aromatic N) is 1. The summed E-state index contributed by atoms with van der Waals surface area (Å²) in [6, 6.07) is -0.192. The lowest BCUT2D eigenvalue weighted by Crippen LogP contribution is -2.41. The van der Waals surface area contributed by atoms with Crippen LogP contribution in [0.25, 0.3) is 0 Å². The minimum atomic E-state index is -0.299. The third-order valence-corrected chi connectivity index (χ3v) is 1.91. The lowest BCUT2D eigenvalue weighted by atomic mass is 10.2. The second-order valence-electron chi connectivity index (χ2n) is 2.66. The summed E-state index contributed by atoms with van der Waals surface area (Å²) >= 11 is 0. The molecule has 1 aliphatic heterocycles. The van der Waals surface area contributed by atoms with Crippen LogP contribution in [0, 0.1) is 6.42 Å². The molecule has 0 aromatic carbocycles. The van der Waals surface area contributed by atoms with Crippen LogP contribution in [0.2, 0.25) is 0 Å². The number of nitrogens with two attached hydrogens (primary N) is 1. The van der Waals surface area contributed by atoms with Crippen molar-refractivity contribution >= 4 is 5.91 Å². The molecule has 1 heterocycles. The Labute approximate surface area is 66.0 Å². The Morgan fingerprint density at radius 3 is 3.09 bits per heavy atom. The first-order valence-corrected chi connectivity index (χ1v) is 3.71. The molecule has 1 radical (unpaired) electrons. The van der Waals surface area contributed by atoms with Gasteiger partial charge in [-0.15, -0.1) is 0 Å². The predicted molar refractivity (Wildman–Crippen MR) is 40.6 cm³/mol. The normalized spacial score (nSPS) is 25.7. The van der Waals surface area contributed by atoms with Gasteiger partial charge >= 0.3 is 0 Å². The number of carbonyl (C=O) groups excluding carboxylic acids is 1. The van der Waals surface area contributed by atoms with E-state index in [0.717, 1.165) is 13.0 Å². The Morgan fingerprint density at radius 2 is 2.55 bits per heavy atom. The molecule has 0 aromatic heterocycles. The summed E-state index contributed by atoms with van der Waals surface area (Å²) in [5.74, 6) is -0.299. The van der Waals surface area contributed by atoms with Crippen LogP contribution in [0.1, 0.15) is 6.42 Å².